The third-order valence-corrected chi connectivity index (χ3v) is 5.65. The van der Waals surface area contributed by atoms with Gasteiger partial charge in [-0.05, 0) is 63.6 Å². The van der Waals surface area contributed by atoms with Crippen LogP contribution in [-0.4, -0.2) is 61.1 Å². The summed E-state index contributed by atoms with van der Waals surface area (Å²) < 4.78 is 5.18. The van der Waals surface area contributed by atoms with E-state index in [1.807, 2.05) is 19.2 Å². The quantitative estimate of drug-likeness (QED) is 0.449. The number of pyridine rings is 1. The van der Waals surface area contributed by atoms with Gasteiger partial charge in [-0.1, -0.05) is 0 Å². The maximum absolute atomic E-state index is 12.0. The first-order valence-corrected chi connectivity index (χ1v) is 11.1. The van der Waals surface area contributed by atoms with Crippen molar-refractivity contribution in [3.63, 3.8) is 0 Å². The molecule has 1 N–H and O–H groups in total. The van der Waals surface area contributed by atoms with Crippen molar-refractivity contribution in [2.45, 2.75) is 52.5 Å². The zero-order chi connectivity index (χ0) is 20.5. The highest BCUT2D eigenvalue weighted by Gasteiger charge is 2.27. The monoisotopic (exact) mass is 401 g/mol. The molecule has 2 fully saturated rings. The van der Waals surface area contributed by atoms with E-state index in [2.05, 4.69) is 33.1 Å². The van der Waals surface area contributed by atoms with Crippen molar-refractivity contribution in [1.82, 2.24) is 15.2 Å². The summed E-state index contributed by atoms with van der Waals surface area (Å²) in [5.74, 6) is 1.95. The van der Waals surface area contributed by atoms with Crippen LogP contribution < -0.4 is 10.2 Å². The van der Waals surface area contributed by atoms with Gasteiger partial charge in [-0.15, -0.1) is 0 Å². The van der Waals surface area contributed by atoms with Gasteiger partial charge in [-0.25, -0.2) is 9.98 Å². The second-order valence-electron chi connectivity index (χ2n) is 7.75. The van der Waals surface area contributed by atoms with Gasteiger partial charge in [-0.3, -0.25) is 4.79 Å². The lowest BCUT2D eigenvalue weighted by Gasteiger charge is -2.33. The third kappa shape index (κ3) is 6.08. The fourth-order valence-corrected chi connectivity index (χ4v) is 4.03. The minimum Gasteiger partial charge on any atom is -0.466 e. The van der Waals surface area contributed by atoms with Crippen LogP contribution in [0.25, 0.3) is 0 Å². The lowest BCUT2D eigenvalue weighted by atomic mass is 9.97. The Morgan fingerprint density at radius 2 is 1.97 bits per heavy atom. The van der Waals surface area contributed by atoms with Crippen LogP contribution >= 0.6 is 0 Å². The molecule has 0 bridgehead atoms. The lowest BCUT2D eigenvalue weighted by Crippen LogP contribution is -2.46. The summed E-state index contributed by atoms with van der Waals surface area (Å²) in [4.78, 5) is 26.0. The molecule has 7 heteroatoms. The maximum atomic E-state index is 12.0. The second kappa shape index (κ2) is 11.0. The van der Waals surface area contributed by atoms with Gasteiger partial charge in [0.1, 0.15) is 5.82 Å². The Kier molecular flexibility index (Phi) is 8.14. The molecule has 29 heavy (non-hydrogen) atoms. The minimum absolute atomic E-state index is 0.0152. The van der Waals surface area contributed by atoms with E-state index in [9.17, 15) is 4.79 Å². The molecular formula is C22H35N5O2. The van der Waals surface area contributed by atoms with E-state index in [0.29, 0.717) is 13.2 Å². The number of nitrogens with one attached hydrogen (secondary N) is 1. The summed E-state index contributed by atoms with van der Waals surface area (Å²) in [7, 11) is 0. The second-order valence-corrected chi connectivity index (χ2v) is 7.75. The molecule has 0 atom stereocenters. The zero-order valence-corrected chi connectivity index (χ0v) is 17.9. The molecule has 3 heterocycles. The van der Waals surface area contributed by atoms with Gasteiger partial charge in [0.05, 0.1) is 19.1 Å². The van der Waals surface area contributed by atoms with E-state index in [0.717, 1.165) is 57.3 Å². The first-order chi connectivity index (χ1) is 14.2. The van der Waals surface area contributed by atoms with E-state index in [4.69, 9.17) is 9.73 Å². The van der Waals surface area contributed by atoms with E-state index in [1.54, 1.807) is 0 Å². The molecule has 0 aromatic carbocycles. The predicted molar refractivity (Wildman–Crippen MR) is 116 cm³/mol. The highest BCUT2D eigenvalue weighted by atomic mass is 16.5. The molecule has 0 aliphatic carbocycles. The van der Waals surface area contributed by atoms with Crippen LogP contribution in [0.2, 0.25) is 0 Å². The van der Waals surface area contributed by atoms with Gasteiger partial charge in [0.15, 0.2) is 5.96 Å². The number of esters is 1. The van der Waals surface area contributed by atoms with Gasteiger partial charge >= 0.3 is 5.97 Å². The first kappa shape index (κ1) is 21.4. The molecule has 0 radical (unpaired) electrons. The van der Waals surface area contributed by atoms with Gasteiger partial charge in [0.2, 0.25) is 0 Å². The van der Waals surface area contributed by atoms with E-state index in [-0.39, 0.29) is 11.9 Å². The van der Waals surface area contributed by atoms with Crippen LogP contribution in [0.15, 0.2) is 23.3 Å². The van der Waals surface area contributed by atoms with E-state index in [1.165, 1.54) is 24.8 Å². The van der Waals surface area contributed by atoms with Crippen molar-refractivity contribution in [2.24, 2.45) is 10.9 Å². The first-order valence-electron chi connectivity index (χ1n) is 11.1. The largest absolute Gasteiger partial charge is 0.466 e. The SMILES string of the molecule is CCNC(=NCc1ccnc(N2CCCCC2)c1)N1CCC(C(=O)OCC)CC1. The molecule has 2 aliphatic heterocycles. The molecule has 3 rings (SSSR count). The predicted octanol–water partition coefficient (Wildman–Crippen LogP) is 2.81. The molecule has 0 saturated carbocycles. The van der Waals surface area contributed by atoms with Crippen molar-refractivity contribution in [1.29, 1.82) is 0 Å². The number of piperidine rings is 2. The summed E-state index contributed by atoms with van der Waals surface area (Å²) in [6, 6.07) is 4.22. The molecule has 0 spiro atoms. The number of nitrogens with zero attached hydrogens (tertiary/aromatic N) is 4. The fourth-order valence-electron chi connectivity index (χ4n) is 4.03. The van der Waals surface area contributed by atoms with Crippen LogP contribution in [0.1, 0.15) is 51.5 Å². The molecule has 2 saturated heterocycles. The molecular weight excluding hydrogens is 366 g/mol. The van der Waals surface area contributed by atoms with Gasteiger partial charge in [0.25, 0.3) is 0 Å². The standard InChI is InChI=1S/C22H35N5O2/c1-3-23-22(27-14-9-19(10-15-27)21(28)29-4-2)25-17-18-8-11-24-20(16-18)26-12-6-5-7-13-26/h8,11,16,19H,3-7,9-10,12-15,17H2,1-2H3,(H,23,25). The summed E-state index contributed by atoms with van der Waals surface area (Å²) in [6.45, 7) is 9.69. The number of likely N-dealkylation sites (tertiary alicyclic amines) is 1. The number of aromatic nitrogens is 1. The molecule has 2 aliphatic rings. The summed E-state index contributed by atoms with van der Waals surface area (Å²) >= 11 is 0. The maximum Gasteiger partial charge on any atom is 0.309 e. The van der Waals surface area contributed by atoms with Crippen molar-refractivity contribution in [2.75, 3.05) is 44.2 Å². The lowest BCUT2D eigenvalue weighted by molar-refractivity contribution is -0.149. The fraction of sp³-hybridized carbons (Fsp3) is 0.682. The Labute approximate surface area is 174 Å². The van der Waals surface area contributed by atoms with Crippen LogP contribution in [0, 0.1) is 5.92 Å². The number of hydrogen-bond acceptors (Lipinski definition) is 5. The Morgan fingerprint density at radius 3 is 2.66 bits per heavy atom. The van der Waals surface area contributed by atoms with Gasteiger partial charge in [0, 0.05) is 38.9 Å². The average Bonchev–Trinajstić information content (AvgIpc) is 2.78. The normalized spacial score (nSPS) is 18.6. The summed E-state index contributed by atoms with van der Waals surface area (Å²) in [5.41, 5.74) is 1.18. The number of carbonyl (C=O) groups is 1. The molecule has 0 amide bonds. The van der Waals surface area contributed by atoms with E-state index >= 15 is 0 Å². The highest BCUT2D eigenvalue weighted by molar-refractivity contribution is 5.80. The van der Waals surface area contributed by atoms with Gasteiger partial charge < -0.3 is 19.9 Å². The highest BCUT2D eigenvalue weighted by Crippen LogP contribution is 2.20. The minimum atomic E-state index is -0.0592. The molecule has 7 nitrogen and oxygen atoms in total. The third-order valence-electron chi connectivity index (χ3n) is 5.65. The van der Waals surface area contributed by atoms with Crippen molar-refractivity contribution >= 4 is 17.7 Å². The summed E-state index contributed by atoms with van der Waals surface area (Å²) in [6.07, 6.45) is 7.34. The smallest absolute Gasteiger partial charge is 0.309 e. The number of guanidine groups is 1. The molecule has 1 aromatic heterocycles. The van der Waals surface area contributed by atoms with Crippen LogP contribution in [0.4, 0.5) is 5.82 Å². The van der Waals surface area contributed by atoms with Crippen LogP contribution in [-0.2, 0) is 16.1 Å². The number of rotatable bonds is 6. The number of aliphatic imine (C=N–C) groups is 1. The van der Waals surface area contributed by atoms with Crippen molar-refractivity contribution in [3.8, 4) is 0 Å². The van der Waals surface area contributed by atoms with Crippen molar-refractivity contribution < 1.29 is 9.53 Å². The Hall–Kier alpha value is -2.31. The number of hydrogen-bond donors (Lipinski definition) is 1. The van der Waals surface area contributed by atoms with Gasteiger partial charge in [-0.2, -0.15) is 0 Å². The molecule has 0 unspecified atom stereocenters. The van der Waals surface area contributed by atoms with Crippen LogP contribution in [0.3, 0.4) is 0 Å². The summed E-state index contributed by atoms with van der Waals surface area (Å²) in [5, 5.41) is 3.40. The average molecular weight is 402 g/mol. The topological polar surface area (TPSA) is 70.1 Å². The molecule has 160 valence electrons. The number of ether oxygens (including phenoxy) is 1. The Balaban J connectivity index is 1.60. The zero-order valence-electron chi connectivity index (χ0n) is 17.9. The Bertz CT molecular complexity index is 680. The van der Waals surface area contributed by atoms with E-state index < -0.39 is 0 Å². The van der Waals surface area contributed by atoms with Crippen LogP contribution in [0.5, 0.6) is 0 Å². The number of anilines is 1. The molecule has 1 aromatic rings. The Morgan fingerprint density at radius 1 is 1.21 bits per heavy atom. The van der Waals surface area contributed by atoms with Crippen molar-refractivity contribution in [3.05, 3.63) is 23.9 Å². The number of carbonyl (C=O) groups excluding carboxylic acids is 1.